The molecule has 0 spiro atoms. The van der Waals surface area contributed by atoms with Gasteiger partial charge in [-0.1, -0.05) is 37.1 Å². The molecule has 1 fully saturated rings. The summed E-state index contributed by atoms with van der Waals surface area (Å²) in [4.78, 5) is 16.5. The lowest BCUT2D eigenvalue weighted by atomic mass is 9.95. The van der Waals surface area contributed by atoms with Crippen molar-refractivity contribution >= 4 is 23.9 Å². The molecule has 0 bridgehead atoms. The van der Waals surface area contributed by atoms with E-state index in [0.717, 1.165) is 35.1 Å². The maximum atomic E-state index is 12.3. The number of fused-ring (bicyclic) bond motifs is 1. The molecule has 9 nitrogen and oxygen atoms in total. The lowest BCUT2D eigenvalue weighted by molar-refractivity contribution is -0.118. The van der Waals surface area contributed by atoms with Gasteiger partial charge in [0.05, 0.1) is 17.7 Å². The number of rotatable bonds is 7. The van der Waals surface area contributed by atoms with E-state index in [0.29, 0.717) is 17.5 Å². The predicted octanol–water partition coefficient (Wildman–Crippen LogP) is 3.82. The molecule has 1 aromatic carbocycles. The van der Waals surface area contributed by atoms with Gasteiger partial charge < -0.3 is 9.47 Å². The zero-order chi connectivity index (χ0) is 22.5. The highest BCUT2D eigenvalue weighted by Gasteiger charge is 2.25. The van der Waals surface area contributed by atoms with E-state index >= 15 is 0 Å². The molecular formula is C23H24N6O3S. The fraction of sp³-hybridized carbons (Fsp3) is 0.348. The molecule has 33 heavy (non-hydrogen) atoms. The summed E-state index contributed by atoms with van der Waals surface area (Å²) in [7, 11) is 0. The van der Waals surface area contributed by atoms with Crippen molar-refractivity contribution in [3.8, 4) is 22.9 Å². The van der Waals surface area contributed by atoms with E-state index in [-0.39, 0.29) is 18.5 Å². The zero-order valence-corrected chi connectivity index (χ0v) is 18.8. The quantitative estimate of drug-likeness (QED) is 0.322. The maximum Gasteiger partial charge on any atom is 0.250 e. The lowest BCUT2D eigenvalue weighted by Crippen LogP contribution is -2.20. The Kier molecular flexibility index (Phi) is 6.52. The van der Waals surface area contributed by atoms with Crippen LogP contribution in [0.25, 0.3) is 11.4 Å². The summed E-state index contributed by atoms with van der Waals surface area (Å²) in [5.74, 6) is 2.21. The van der Waals surface area contributed by atoms with Gasteiger partial charge in [-0.05, 0) is 43.2 Å². The van der Waals surface area contributed by atoms with Crippen LogP contribution >= 0.6 is 11.8 Å². The molecule has 2 aromatic heterocycles. The Bertz CT molecular complexity index is 1140. The fourth-order valence-electron chi connectivity index (χ4n) is 4.06. The van der Waals surface area contributed by atoms with E-state index in [4.69, 9.17) is 9.47 Å². The molecule has 0 saturated heterocycles. The second kappa shape index (κ2) is 10.0. The lowest BCUT2D eigenvalue weighted by Gasteiger charge is -2.25. The minimum atomic E-state index is -0.213. The Morgan fingerprint density at radius 2 is 2.03 bits per heavy atom. The Hall–Kier alpha value is -3.40. The molecule has 1 amide bonds. The van der Waals surface area contributed by atoms with Gasteiger partial charge in [-0.15, -0.1) is 10.2 Å². The highest BCUT2D eigenvalue weighted by atomic mass is 32.2. The first kappa shape index (κ1) is 21.4. The molecule has 0 unspecified atom stereocenters. The van der Waals surface area contributed by atoms with Crippen molar-refractivity contribution in [3.05, 3.63) is 48.3 Å². The van der Waals surface area contributed by atoms with Crippen LogP contribution in [-0.4, -0.2) is 44.4 Å². The van der Waals surface area contributed by atoms with Crippen LogP contribution in [0.15, 0.2) is 52.9 Å². The summed E-state index contributed by atoms with van der Waals surface area (Å²) in [6.45, 7) is 0.229. The molecule has 3 aromatic rings. The second-order valence-corrected chi connectivity index (χ2v) is 8.82. The van der Waals surface area contributed by atoms with Gasteiger partial charge in [-0.25, -0.2) is 5.43 Å². The van der Waals surface area contributed by atoms with Crippen molar-refractivity contribution in [1.82, 2.24) is 25.2 Å². The first-order chi connectivity index (χ1) is 16.3. The number of amides is 1. The molecule has 1 aliphatic heterocycles. The van der Waals surface area contributed by atoms with Gasteiger partial charge in [-0.3, -0.25) is 14.3 Å². The van der Waals surface area contributed by atoms with Gasteiger partial charge in [0, 0.05) is 17.8 Å². The van der Waals surface area contributed by atoms with E-state index in [9.17, 15) is 4.79 Å². The standard InChI is InChI=1S/C23H24N6O3S/c30-21(26-25-13-17-6-4-5-11-24-17)14-33-23-28-27-22(29(23)18-7-2-1-3-8-18)16-9-10-19-20(12-16)32-15-31-19/h4-6,9-13,18H,1-3,7-8,14-15H2,(H,26,30). The molecule has 3 heterocycles. The summed E-state index contributed by atoms with van der Waals surface area (Å²) in [5.41, 5.74) is 4.15. The molecule has 1 N–H and O–H groups in total. The summed E-state index contributed by atoms with van der Waals surface area (Å²) >= 11 is 1.37. The van der Waals surface area contributed by atoms with Gasteiger partial charge >= 0.3 is 0 Å². The van der Waals surface area contributed by atoms with Crippen LogP contribution in [0.4, 0.5) is 0 Å². The molecule has 0 atom stereocenters. The number of ether oxygens (including phenoxy) is 2. The number of nitrogens with zero attached hydrogens (tertiary/aromatic N) is 5. The normalized spacial score (nSPS) is 15.8. The topological polar surface area (TPSA) is 104 Å². The van der Waals surface area contributed by atoms with Gasteiger partial charge in [-0.2, -0.15) is 5.10 Å². The highest BCUT2D eigenvalue weighted by Crippen LogP contribution is 2.39. The molecule has 1 aliphatic carbocycles. The summed E-state index contributed by atoms with van der Waals surface area (Å²) < 4.78 is 13.2. The maximum absolute atomic E-state index is 12.3. The van der Waals surface area contributed by atoms with Crippen molar-refractivity contribution in [2.75, 3.05) is 12.5 Å². The van der Waals surface area contributed by atoms with Crippen molar-refractivity contribution in [1.29, 1.82) is 0 Å². The molecule has 2 aliphatic rings. The Morgan fingerprint density at radius 1 is 1.15 bits per heavy atom. The Balaban J connectivity index is 1.31. The van der Waals surface area contributed by atoms with Crippen molar-refractivity contribution in [2.45, 2.75) is 43.3 Å². The summed E-state index contributed by atoms with van der Waals surface area (Å²) in [6, 6.07) is 11.6. The summed E-state index contributed by atoms with van der Waals surface area (Å²) in [6.07, 6.45) is 8.94. The average molecular weight is 465 g/mol. The van der Waals surface area contributed by atoms with E-state index < -0.39 is 0 Å². The van der Waals surface area contributed by atoms with Gasteiger partial charge in [0.15, 0.2) is 22.5 Å². The molecule has 5 rings (SSSR count). The number of benzene rings is 1. The predicted molar refractivity (Wildman–Crippen MR) is 124 cm³/mol. The van der Waals surface area contributed by atoms with Crippen LogP contribution in [0.1, 0.15) is 43.8 Å². The first-order valence-corrected chi connectivity index (χ1v) is 12.0. The Labute approximate surface area is 195 Å². The third-order valence-corrected chi connectivity index (χ3v) is 6.58. The summed E-state index contributed by atoms with van der Waals surface area (Å²) in [5, 5.41) is 13.6. The molecule has 0 radical (unpaired) electrons. The van der Waals surface area contributed by atoms with Crippen LogP contribution in [0.5, 0.6) is 11.5 Å². The van der Waals surface area contributed by atoms with Crippen molar-refractivity contribution in [2.24, 2.45) is 5.10 Å². The fourth-order valence-corrected chi connectivity index (χ4v) is 4.86. The van der Waals surface area contributed by atoms with E-state index in [1.165, 1.54) is 37.2 Å². The number of hydrazone groups is 1. The number of thioether (sulfide) groups is 1. The van der Waals surface area contributed by atoms with Crippen LogP contribution in [-0.2, 0) is 4.79 Å². The number of aromatic nitrogens is 4. The van der Waals surface area contributed by atoms with E-state index in [1.54, 1.807) is 6.20 Å². The smallest absolute Gasteiger partial charge is 0.250 e. The monoisotopic (exact) mass is 464 g/mol. The molecule has 170 valence electrons. The van der Waals surface area contributed by atoms with Crippen molar-refractivity contribution in [3.63, 3.8) is 0 Å². The third kappa shape index (κ3) is 5.00. The van der Waals surface area contributed by atoms with E-state index in [2.05, 4.69) is 30.3 Å². The number of nitrogens with one attached hydrogen (secondary N) is 1. The van der Waals surface area contributed by atoms with Gasteiger partial charge in [0.2, 0.25) is 6.79 Å². The van der Waals surface area contributed by atoms with Crippen LogP contribution < -0.4 is 14.9 Å². The number of hydrogen-bond donors (Lipinski definition) is 1. The number of pyridine rings is 1. The zero-order valence-electron chi connectivity index (χ0n) is 18.0. The average Bonchev–Trinajstić information content (AvgIpc) is 3.50. The number of hydrogen-bond acceptors (Lipinski definition) is 8. The molecule has 1 saturated carbocycles. The largest absolute Gasteiger partial charge is 0.454 e. The van der Waals surface area contributed by atoms with Gasteiger partial charge in [0.25, 0.3) is 5.91 Å². The number of carbonyl (C=O) groups is 1. The van der Waals surface area contributed by atoms with Crippen molar-refractivity contribution < 1.29 is 14.3 Å². The van der Waals surface area contributed by atoms with E-state index in [1.807, 2.05) is 36.4 Å². The van der Waals surface area contributed by atoms with Gasteiger partial charge in [0.1, 0.15) is 0 Å². The second-order valence-electron chi connectivity index (χ2n) is 7.87. The number of carbonyl (C=O) groups excluding carboxylic acids is 1. The highest BCUT2D eigenvalue weighted by molar-refractivity contribution is 7.99. The molecular weight excluding hydrogens is 440 g/mol. The minimum absolute atomic E-state index is 0.186. The SMILES string of the molecule is O=C(CSc1nnc(-c2ccc3c(c2)OCO3)n1C1CCCCC1)NN=Cc1ccccn1. The van der Waals surface area contributed by atoms with Crippen LogP contribution in [0.2, 0.25) is 0 Å². The molecule has 10 heteroatoms. The third-order valence-electron chi connectivity index (χ3n) is 5.64. The Morgan fingerprint density at radius 3 is 2.88 bits per heavy atom. The minimum Gasteiger partial charge on any atom is -0.454 e. The van der Waals surface area contributed by atoms with Crippen LogP contribution in [0, 0.1) is 0 Å². The van der Waals surface area contributed by atoms with Crippen LogP contribution in [0.3, 0.4) is 0 Å². The first-order valence-electron chi connectivity index (χ1n) is 11.0.